The first-order valence-corrected chi connectivity index (χ1v) is 11.2. The third-order valence-electron chi connectivity index (χ3n) is 4.53. The average Bonchev–Trinajstić information content (AvgIpc) is 2.83. The molecule has 0 spiro atoms. The zero-order valence-corrected chi connectivity index (χ0v) is 18.0. The molecular weight excluding hydrogens is 418 g/mol. The van der Waals surface area contributed by atoms with Crippen molar-refractivity contribution in [1.82, 2.24) is 14.6 Å². The molecule has 1 amide bonds. The van der Waals surface area contributed by atoms with E-state index < -0.39 is 45.4 Å². The Morgan fingerprint density at radius 1 is 1.40 bits per heavy atom. The molecule has 12 heteroatoms. The highest BCUT2D eigenvalue weighted by Gasteiger charge is 2.48. The molecule has 30 heavy (non-hydrogen) atoms. The van der Waals surface area contributed by atoms with Crippen molar-refractivity contribution in [3.05, 3.63) is 23.6 Å². The van der Waals surface area contributed by atoms with Crippen LogP contribution in [-0.4, -0.2) is 56.7 Å². The number of alkyl carbamates (subject to hydrolysis) is 1. The minimum Gasteiger partial charge on any atom is -0.444 e. The van der Waals surface area contributed by atoms with Gasteiger partial charge in [-0.3, -0.25) is 9.62 Å². The zero-order chi connectivity index (χ0) is 22.2. The maximum atomic E-state index is 14.6. The van der Waals surface area contributed by atoms with Gasteiger partial charge in [0.25, 0.3) is 0 Å². The van der Waals surface area contributed by atoms with E-state index in [2.05, 4.69) is 19.7 Å². The molecule has 1 aromatic heterocycles. The van der Waals surface area contributed by atoms with E-state index in [1.807, 2.05) is 0 Å². The van der Waals surface area contributed by atoms with Crippen molar-refractivity contribution >= 4 is 27.8 Å². The highest BCUT2D eigenvalue weighted by atomic mass is 32.2. The van der Waals surface area contributed by atoms with Crippen LogP contribution in [0.5, 0.6) is 0 Å². The van der Waals surface area contributed by atoms with Gasteiger partial charge < -0.3 is 10.5 Å². The minimum absolute atomic E-state index is 0.0359. The first-order chi connectivity index (χ1) is 14.0. The molecule has 2 aliphatic heterocycles. The van der Waals surface area contributed by atoms with Gasteiger partial charge in [0.2, 0.25) is 5.96 Å². The molecule has 0 unspecified atom stereocenters. The number of alkyl halides is 1. The molecule has 9 nitrogen and oxygen atoms in total. The second-order valence-electron chi connectivity index (χ2n) is 8.21. The molecular formula is C18H26F2N6O3S. The van der Waals surface area contributed by atoms with Crippen LogP contribution in [0.15, 0.2) is 21.5 Å². The number of fused-ring (bicyclic) bond motifs is 1. The number of hydrogen-bond acceptors (Lipinski definition) is 7. The Morgan fingerprint density at radius 2 is 2.13 bits per heavy atom. The summed E-state index contributed by atoms with van der Waals surface area (Å²) in [6, 6.07) is 2.29. The Morgan fingerprint density at radius 3 is 2.80 bits per heavy atom. The summed E-state index contributed by atoms with van der Waals surface area (Å²) in [5.74, 6) is -1.48. The number of pyridine rings is 1. The van der Waals surface area contributed by atoms with E-state index >= 15 is 0 Å². The lowest BCUT2D eigenvalue weighted by molar-refractivity contribution is 0.0558. The predicted molar refractivity (Wildman–Crippen MR) is 109 cm³/mol. The number of anilines is 1. The summed E-state index contributed by atoms with van der Waals surface area (Å²) in [4.78, 5) is 20.6. The standard InChI is InChI=1S/C18H26F2N6O3S/c1-17(2,3)29-16(27)24-15-25-18(10-19,14-12(20)6-7-13(21)23-14)11-30(28)22-8-4-5-9-26(15)30/h6-7H,4-5,8-11H2,1-3H3,(H2,21,23)(H,24,25,27)/t18-,30+/m0/s1. The van der Waals surface area contributed by atoms with Gasteiger partial charge in [0.05, 0.1) is 12.3 Å². The second kappa shape index (κ2) is 7.97. The van der Waals surface area contributed by atoms with E-state index in [9.17, 15) is 17.8 Å². The molecule has 2 atom stereocenters. The van der Waals surface area contributed by atoms with Gasteiger partial charge in [-0.25, -0.2) is 32.1 Å². The van der Waals surface area contributed by atoms with Gasteiger partial charge in [0.1, 0.15) is 39.5 Å². The normalized spacial score (nSPS) is 26.7. The number of ether oxygens (including phenoxy) is 1. The zero-order valence-electron chi connectivity index (χ0n) is 17.2. The molecule has 3 heterocycles. The summed E-state index contributed by atoms with van der Waals surface area (Å²) < 4.78 is 53.7. The van der Waals surface area contributed by atoms with Crippen LogP contribution in [0.1, 0.15) is 39.3 Å². The molecule has 0 fully saturated rings. The fourth-order valence-electron chi connectivity index (χ4n) is 3.27. The van der Waals surface area contributed by atoms with Crippen LogP contribution in [-0.2, 0) is 20.2 Å². The Labute approximate surface area is 174 Å². The molecule has 0 radical (unpaired) electrons. The van der Waals surface area contributed by atoms with E-state index in [1.54, 1.807) is 20.8 Å². The monoisotopic (exact) mass is 444 g/mol. The van der Waals surface area contributed by atoms with Crippen LogP contribution in [0, 0.1) is 5.82 Å². The molecule has 0 bridgehead atoms. The predicted octanol–water partition coefficient (Wildman–Crippen LogP) is 2.34. The summed E-state index contributed by atoms with van der Waals surface area (Å²) in [6.45, 7) is 4.41. The Bertz CT molecular complexity index is 987. The van der Waals surface area contributed by atoms with E-state index in [-0.39, 0.29) is 24.0 Å². The number of rotatable bonds is 2. The number of hydrogen-bond donors (Lipinski definition) is 2. The number of carbonyl (C=O) groups is 1. The summed E-state index contributed by atoms with van der Waals surface area (Å²) in [5.41, 5.74) is 2.54. The number of aliphatic imine (C=N–C) groups is 1. The van der Waals surface area contributed by atoms with E-state index in [0.717, 1.165) is 6.07 Å². The SMILES string of the molecule is CC(C)(C)OC(=O)NC1=N[C@](CF)(c2nc(N)ccc2F)C[S@@]2(=O)=NCCCCN12. The van der Waals surface area contributed by atoms with Crippen molar-refractivity contribution < 1.29 is 22.5 Å². The smallest absolute Gasteiger partial charge is 0.414 e. The lowest BCUT2D eigenvalue weighted by Crippen LogP contribution is -2.57. The molecule has 0 aromatic carbocycles. The highest BCUT2D eigenvalue weighted by molar-refractivity contribution is 7.92. The summed E-state index contributed by atoms with van der Waals surface area (Å²) in [6.07, 6.45) is 0.451. The maximum absolute atomic E-state index is 14.6. The largest absolute Gasteiger partial charge is 0.444 e. The number of carbonyl (C=O) groups excluding carboxylic acids is 1. The first-order valence-electron chi connectivity index (χ1n) is 9.55. The van der Waals surface area contributed by atoms with Crippen LogP contribution in [0.25, 0.3) is 0 Å². The third kappa shape index (κ3) is 4.47. The van der Waals surface area contributed by atoms with Crippen molar-refractivity contribution in [3.8, 4) is 0 Å². The summed E-state index contributed by atoms with van der Waals surface area (Å²) in [5, 5.41) is 2.45. The fraction of sp³-hybridized carbons (Fsp3) is 0.611. The highest BCUT2D eigenvalue weighted by Crippen LogP contribution is 2.36. The molecule has 166 valence electrons. The van der Waals surface area contributed by atoms with Gasteiger partial charge in [-0.15, -0.1) is 0 Å². The van der Waals surface area contributed by atoms with Crippen LogP contribution < -0.4 is 11.1 Å². The van der Waals surface area contributed by atoms with Gasteiger partial charge in [-0.1, -0.05) is 0 Å². The van der Waals surface area contributed by atoms with Gasteiger partial charge in [-0.2, -0.15) is 0 Å². The molecule has 0 saturated carbocycles. The maximum Gasteiger partial charge on any atom is 0.414 e. The number of halogens is 2. The van der Waals surface area contributed by atoms with E-state index in [0.29, 0.717) is 19.4 Å². The lowest BCUT2D eigenvalue weighted by Gasteiger charge is -2.39. The molecule has 3 rings (SSSR count). The lowest BCUT2D eigenvalue weighted by atomic mass is 9.98. The van der Waals surface area contributed by atoms with E-state index in [4.69, 9.17) is 10.5 Å². The van der Waals surface area contributed by atoms with Crippen LogP contribution in [0.3, 0.4) is 0 Å². The topological polar surface area (TPSA) is 122 Å². The summed E-state index contributed by atoms with van der Waals surface area (Å²) in [7, 11) is -3.23. The Balaban J connectivity index is 2.15. The van der Waals surface area contributed by atoms with Crippen molar-refractivity contribution in [3.63, 3.8) is 0 Å². The second-order valence-corrected chi connectivity index (χ2v) is 10.4. The van der Waals surface area contributed by atoms with Gasteiger partial charge in [0, 0.05) is 6.54 Å². The third-order valence-corrected chi connectivity index (χ3v) is 7.02. The number of amides is 1. The number of aromatic nitrogens is 1. The Hall–Kier alpha value is -2.50. The quantitative estimate of drug-likeness (QED) is 0.725. The molecule has 2 aliphatic rings. The molecule has 0 saturated heterocycles. The number of nitrogen functional groups attached to an aromatic ring is 1. The van der Waals surface area contributed by atoms with Gasteiger partial charge in [0.15, 0.2) is 5.54 Å². The van der Waals surface area contributed by atoms with Crippen LogP contribution >= 0.6 is 0 Å². The number of guanidine groups is 1. The van der Waals surface area contributed by atoms with E-state index in [1.165, 1.54) is 10.4 Å². The fourth-order valence-corrected chi connectivity index (χ4v) is 5.75. The molecule has 0 aliphatic carbocycles. The first kappa shape index (κ1) is 22.2. The van der Waals surface area contributed by atoms with Crippen LogP contribution in [0.4, 0.5) is 19.4 Å². The Kier molecular flexibility index (Phi) is 5.89. The van der Waals surface area contributed by atoms with Gasteiger partial charge >= 0.3 is 6.09 Å². The summed E-state index contributed by atoms with van der Waals surface area (Å²) >= 11 is 0. The van der Waals surface area contributed by atoms with Crippen molar-refractivity contribution in [2.24, 2.45) is 9.36 Å². The number of nitrogens with two attached hydrogens (primary N) is 1. The van der Waals surface area contributed by atoms with Crippen molar-refractivity contribution in [2.45, 2.75) is 44.8 Å². The van der Waals surface area contributed by atoms with Crippen molar-refractivity contribution in [2.75, 3.05) is 31.3 Å². The molecule has 3 N–H and O–H groups in total. The number of nitrogens with zero attached hydrogens (tertiary/aromatic N) is 4. The minimum atomic E-state index is -3.23. The number of nitrogens with one attached hydrogen (secondary N) is 1. The molecule has 1 aromatic rings. The average molecular weight is 445 g/mol. The van der Waals surface area contributed by atoms with Crippen molar-refractivity contribution in [1.29, 1.82) is 0 Å². The van der Waals surface area contributed by atoms with Crippen LogP contribution in [0.2, 0.25) is 0 Å². The van der Waals surface area contributed by atoms with Gasteiger partial charge in [-0.05, 0) is 45.7 Å².